The average molecular weight is 291 g/mol. The Balaban J connectivity index is 2.17. The zero-order valence-corrected chi connectivity index (χ0v) is 11.6. The quantitative estimate of drug-likeness (QED) is 0.882. The van der Waals surface area contributed by atoms with Gasteiger partial charge < -0.3 is 5.11 Å². The first-order chi connectivity index (χ1) is 9.61. The van der Waals surface area contributed by atoms with Crippen LogP contribution in [0.5, 0.6) is 0 Å². The third-order valence-electron chi connectivity index (χ3n) is 2.55. The molecule has 0 aliphatic rings. The van der Waals surface area contributed by atoms with Gasteiger partial charge in [-0.25, -0.2) is 4.79 Å². The number of nitrogens with zero attached hydrogens (tertiary/aromatic N) is 2. The van der Waals surface area contributed by atoms with Gasteiger partial charge in [-0.2, -0.15) is 0 Å². The summed E-state index contributed by atoms with van der Waals surface area (Å²) in [6.07, 6.45) is 1.75. The van der Waals surface area contributed by atoms with Crippen molar-refractivity contribution in [1.29, 1.82) is 0 Å². The second kappa shape index (κ2) is 6.25. The van der Waals surface area contributed by atoms with Crippen LogP contribution in [0.2, 0.25) is 0 Å². The van der Waals surface area contributed by atoms with Crippen molar-refractivity contribution in [3.8, 4) is 0 Å². The van der Waals surface area contributed by atoms with E-state index in [2.05, 4.69) is 15.5 Å². The van der Waals surface area contributed by atoms with E-state index < -0.39 is 11.9 Å². The maximum absolute atomic E-state index is 12.1. The lowest BCUT2D eigenvalue weighted by atomic mass is 10.1. The van der Waals surface area contributed by atoms with E-state index in [4.69, 9.17) is 5.11 Å². The summed E-state index contributed by atoms with van der Waals surface area (Å²) in [6, 6.07) is 6.04. The molecule has 0 radical (unpaired) electrons. The number of carboxylic acid groups (broad SMARTS) is 1. The van der Waals surface area contributed by atoms with Crippen molar-refractivity contribution in [1.82, 2.24) is 10.2 Å². The highest BCUT2D eigenvalue weighted by molar-refractivity contribution is 7.15. The van der Waals surface area contributed by atoms with Crippen LogP contribution >= 0.6 is 11.3 Å². The summed E-state index contributed by atoms with van der Waals surface area (Å²) in [5, 5.41) is 20.7. The zero-order valence-electron chi connectivity index (χ0n) is 10.8. The average Bonchev–Trinajstić information content (AvgIpc) is 2.86. The highest BCUT2D eigenvalue weighted by atomic mass is 32.1. The molecule has 7 heteroatoms. The molecule has 0 bridgehead atoms. The molecule has 0 unspecified atom stereocenters. The van der Waals surface area contributed by atoms with E-state index in [-0.39, 0.29) is 11.1 Å². The van der Waals surface area contributed by atoms with Crippen molar-refractivity contribution in [2.24, 2.45) is 0 Å². The first kappa shape index (κ1) is 14.1. The number of carbonyl (C=O) groups is 2. The molecule has 0 saturated carbocycles. The maximum Gasteiger partial charge on any atom is 0.336 e. The van der Waals surface area contributed by atoms with Gasteiger partial charge in [0.2, 0.25) is 5.13 Å². The molecule has 0 fully saturated rings. The van der Waals surface area contributed by atoms with Gasteiger partial charge in [-0.05, 0) is 18.6 Å². The van der Waals surface area contributed by atoms with Crippen molar-refractivity contribution in [3.63, 3.8) is 0 Å². The number of anilines is 1. The Morgan fingerprint density at radius 2 is 1.95 bits per heavy atom. The molecule has 0 spiro atoms. The first-order valence-electron chi connectivity index (χ1n) is 6.08. The third kappa shape index (κ3) is 3.18. The molecule has 1 heterocycles. The van der Waals surface area contributed by atoms with Gasteiger partial charge in [-0.15, -0.1) is 10.2 Å². The van der Waals surface area contributed by atoms with Gasteiger partial charge in [0, 0.05) is 6.42 Å². The Bertz CT molecular complexity index is 639. The topological polar surface area (TPSA) is 92.2 Å². The van der Waals surface area contributed by atoms with Crippen LogP contribution < -0.4 is 5.32 Å². The largest absolute Gasteiger partial charge is 0.478 e. The molecule has 1 aromatic carbocycles. The predicted octanol–water partition coefficient (Wildman–Crippen LogP) is 2.44. The summed E-state index contributed by atoms with van der Waals surface area (Å²) in [7, 11) is 0. The van der Waals surface area contributed by atoms with Crippen LogP contribution in [0.15, 0.2) is 24.3 Å². The van der Waals surface area contributed by atoms with Crippen molar-refractivity contribution in [2.75, 3.05) is 5.32 Å². The number of nitrogens with one attached hydrogen (secondary N) is 1. The Labute approximate surface area is 119 Å². The number of hydrogen-bond donors (Lipinski definition) is 2. The van der Waals surface area contributed by atoms with Crippen LogP contribution in [0, 0.1) is 0 Å². The van der Waals surface area contributed by atoms with Gasteiger partial charge in [-0.1, -0.05) is 30.4 Å². The fourth-order valence-corrected chi connectivity index (χ4v) is 2.49. The van der Waals surface area contributed by atoms with Gasteiger partial charge in [0.05, 0.1) is 11.1 Å². The third-order valence-corrected chi connectivity index (χ3v) is 3.45. The molecule has 2 aromatic rings. The number of rotatable bonds is 5. The molecule has 0 atom stereocenters. The highest BCUT2D eigenvalue weighted by Crippen LogP contribution is 2.18. The van der Waals surface area contributed by atoms with E-state index in [9.17, 15) is 9.59 Å². The van der Waals surface area contributed by atoms with Crippen LogP contribution in [-0.4, -0.2) is 27.2 Å². The molecule has 1 amide bonds. The minimum absolute atomic E-state index is 0.0386. The number of benzene rings is 1. The minimum atomic E-state index is -1.14. The van der Waals surface area contributed by atoms with Crippen molar-refractivity contribution in [2.45, 2.75) is 19.8 Å². The Kier molecular flexibility index (Phi) is 4.41. The lowest BCUT2D eigenvalue weighted by molar-refractivity contribution is 0.0692. The van der Waals surface area contributed by atoms with E-state index in [1.807, 2.05) is 6.92 Å². The molecular weight excluding hydrogens is 278 g/mol. The monoisotopic (exact) mass is 291 g/mol. The maximum atomic E-state index is 12.1. The number of carboxylic acids is 1. The second-order valence-electron chi connectivity index (χ2n) is 4.06. The van der Waals surface area contributed by atoms with E-state index in [1.165, 1.54) is 23.5 Å². The van der Waals surface area contributed by atoms with Gasteiger partial charge in [0.1, 0.15) is 5.01 Å². The molecule has 2 rings (SSSR count). The molecule has 0 aliphatic heterocycles. The lowest BCUT2D eigenvalue weighted by Crippen LogP contribution is -2.16. The molecular formula is C13H13N3O3S. The SMILES string of the molecule is CCCc1nnc(NC(=O)c2ccccc2C(=O)O)s1. The number of hydrogen-bond acceptors (Lipinski definition) is 5. The fraction of sp³-hybridized carbons (Fsp3) is 0.231. The van der Waals surface area contributed by atoms with Crippen LogP contribution in [0.1, 0.15) is 39.1 Å². The van der Waals surface area contributed by atoms with E-state index in [1.54, 1.807) is 12.1 Å². The second-order valence-corrected chi connectivity index (χ2v) is 5.12. The predicted molar refractivity (Wildman–Crippen MR) is 75.3 cm³/mol. The summed E-state index contributed by atoms with van der Waals surface area (Å²) in [6.45, 7) is 2.03. The number of aryl methyl sites for hydroxylation is 1. The highest BCUT2D eigenvalue weighted by Gasteiger charge is 2.17. The number of amides is 1. The summed E-state index contributed by atoms with van der Waals surface area (Å²) in [5.74, 6) is -1.64. The van der Waals surface area contributed by atoms with Crippen molar-refractivity contribution < 1.29 is 14.7 Å². The molecule has 6 nitrogen and oxygen atoms in total. The number of aromatic nitrogens is 2. The van der Waals surface area contributed by atoms with E-state index in [0.717, 1.165) is 17.8 Å². The Morgan fingerprint density at radius 3 is 2.60 bits per heavy atom. The number of aromatic carboxylic acids is 1. The minimum Gasteiger partial charge on any atom is -0.478 e. The van der Waals surface area contributed by atoms with E-state index >= 15 is 0 Å². The van der Waals surface area contributed by atoms with Crippen LogP contribution in [0.4, 0.5) is 5.13 Å². The summed E-state index contributed by atoms with van der Waals surface area (Å²) in [4.78, 5) is 23.1. The van der Waals surface area contributed by atoms with Crippen molar-refractivity contribution in [3.05, 3.63) is 40.4 Å². The summed E-state index contributed by atoms with van der Waals surface area (Å²) < 4.78 is 0. The van der Waals surface area contributed by atoms with Crippen LogP contribution in [0.3, 0.4) is 0 Å². The smallest absolute Gasteiger partial charge is 0.336 e. The summed E-state index contributed by atoms with van der Waals surface area (Å²) in [5.41, 5.74) is 0.0653. The Hall–Kier alpha value is -2.28. The van der Waals surface area contributed by atoms with Crippen LogP contribution in [-0.2, 0) is 6.42 Å². The lowest BCUT2D eigenvalue weighted by Gasteiger charge is -2.04. The fourth-order valence-electron chi connectivity index (χ4n) is 1.65. The normalized spacial score (nSPS) is 10.2. The Morgan fingerprint density at radius 1 is 1.25 bits per heavy atom. The summed E-state index contributed by atoms with van der Waals surface area (Å²) >= 11 is 1.29. The van der Waals surface area contributed by atoms with Gasteiger partial charge in [0.15, 0.2) is 0 Å². The number of carbonyl (C=O) groups excluding carboxylic acids is 1. The molecule has 1 aromatic heterocycles. The van der Waals surface area contributed by atoms with Gasteiger partial charge in [0.25, 0.3) is 5.91 Å². The standard InChI is InChI=1S/C13H13N3O3S/c1-2-5-10-15-16-13(20-10)14-11(17)8-6-3-4-7-9(8)12(18)19/h3-4,6-7H,2,5H2,1H3,(H,18,19)(H,14,16,17). The molecule has 20 heavy (non-hydrogen) atoms. The van der Waals surface area contributed by atoms with Gasteiger partial charge >= 0.3 is 5.97 Å². The molecule has 0 saturated heterocycles. The van der Waals surface area contributed by atoms with Crippen LogP contribution in [0.25, 0.3) is 0 Å². The molecule has 2 N–H and O–H groups in total. The molecule has 0 aliphatic carbocycles. The van der Waals surface area contributed by atoms with Gasteiger partial charge in [-0.3, -0.25) is 10.1 Å². The molecule has 104 valence electrons. The first-order valence-corrected chi connectivity index (χ1v) is 6.89. The van der Waals surface area contributed by atoms with Crippen molar-refractivity contribution >= 4 is 28.3 Å². The van der Waals surface area contributed by atoms with E-state index in [0.29, 0.717) is 5.13 Å². The zero-order chi connectivity index (χ0) is 14.5.